The normalized spacial score (nSPS) is 15.6. The summed E-state index contributed by atoms with van der Waals surface area (Å²) in [6, 6.07) is 11.8. The van der Waals surface area contributed by atoms with Crippen molar-refractivity contribution in [2.75, 3.05) is 30.3 Å². The number of benzene rings is 2. The Balaban J connectivity index is 1.43. The summed E-state index contributed by atoms with van der Waals surface area (Å²) < 4.78 is 35.4. The van der Waals surface area contributed by atoms with Crippen LogP contribution in [0.5, 0.6) is 5.88 Å². The van der Waals surface area contributed by atoms with Crippen LogP contribution >= 0.6 is 0 Å². The molecule has 2 N–H and O–H groups in total. The largest absolute Gasteiger partial charge is 0.475 e. The molecule has 0 spiro atoms. The molecule has 1 aromatic heterocycles. The highest BCUT2D eigenvalue weighted by molar-refractivity contribution is 6.27. The van der Waals surface area contributed by atoms with Crippen molar-refractivity contribution < 1.29 is 18.3 Å². The van der Waals surface area contributed by atoms with Crippen LogP contribution < -0.4 is 15.4 Å². The molecule has 204 valence electrons. The van der Waals surface area contributed by atoms with E-state index in [1.165, 1.54) is 12.5 Å². The summed E-state index contributed by atoms with van der Waals surface area (Å²) in [7, 11) is 0. The summed E-state index contributed by atoms with van der Waals surface area (Å²) in [5.74, 6) is -1.57. The fourth-order valence-corrected chi connectivity index (χ4v) is 5.22. The van der Waals surface area contributed by atoms with E-state index in [2.05, 4.69) is 20.5 Å². The summed E-state index contributed by atoms with van der Waals surface area (Å²) in [6.45, 7) is 8.73. The maximum atomic E-state index is 15.1. The zero-order valence-electron chi connectivity index (χ0n) is 22.6. The molecule has 8 heteroatoms. The molecular formula is C31H34F2N4O2. The number of ether oxygens (including phenoxy) is 1. The summed E-state index contributed by atoms with van der Waals surface area (Å²) in [4.78, 5) is 20.0. The second-order valence-electron chi connectivity index (χ2n) is 10.6. The van der Waals surface area contributed by atoms with Crippen molar-refractivity contribution in [1.29, 1.82) is 0 Å². The van der Waals surface area contributed by atoms with Gasteiger partial charge in [0.1, 0.15) is 0 Å². The highest BCUT2D eigenvalue weighted by Gasteiger charge is 2.24. The van der Waals surface area contributed by atoms with Gasteiger partial charge in [0, 0.05) is 41.5 Å². The average molecular weight is 533 g/mol. The third-order valence-corrected chi connectivity index (χ3v) is 7.09. The first kappa shape index (κ1) is 26.8. The molecule has 1 amide bonds. The molecule has 0 unspecified atom stereocenters. The van der Waals surface area contributed by atoms with Crippen LogP contribution in [0.2, 0.25) is 0 Å². The van der Waals surface area contributed by atoms with Crippen LogP contribution in [-0.2, 0) is 11.3 Å². The number of fused-ring (bicyclic) bond motifs is 1. The highest BCUT2D eigenvalue weighted by atomic mass is 19.2. The smallest absolute Gasteiger partial charge is 0.256 e. The average Bonchev–Trinajstić information content (AvgIpc) is 2.91. The number of piperidine rings is 1. The molecule has 6 nitrogen and oxygen atoms in total. The van der Waals surface area contributed by atoms with Gasteiger partial charge < -0.3 is 15.4 Å². The minimum absolute atomic E-state index is 0.00467. The Kier molecular flexibility index (Phi) is 7.93. The molecule has 2 aromatic carbocycles. The topological polar surface area (TPSA) is 66.5 Å². The Labute approximate surface area is 228 Å². The van der Waals surface area contributed by atoms with Gasteiger partial charge in [0.05, 0.1) is 18.0 Å². The molecule has 0 radical (unpaired) electrons. The first-order valence-electron chi connectivity index (χ1n) is 13.5. The van der Waals surface area contributed by atoms with Crippen molar-refractivity contribution in [2.24, 2.45) is 0 Å². The van der Waals surface area contributed by atoms with Crippen molar-refractivity contribution in [2.45, 2.75) is 52.7 Å². The maximum absolute atomic E-state index is 15.1. The lowest BCUT2D eigenvalue weighted by atomic mass is 9.91. The number of rotatable bonds is 7. The van der Waals surface area contributed by atoms with E-state index >= 15 is 4.39 Å². The van der Waals surface area contributed by atoms with E-state index in [9.17, 15) is 9.18 Å². The van der Waals surface area contributed by atoms with Gasteiger partial charge in [-0.2, -0.15) is 0 Å². The van der Waals surface area contributed by atoms with Crippen molar-refractivity contribution in [1.82, 2.24) is 9.88 Å². The lowest BCUT2D eigenvalue weighted by molar-refractivity contribution is -0.111. The number of carbonyl (C=O) groups is 1. The molecule has 2 aliphatic rings. The van der Waals surface area contributed by atoms with Crippen molar-refractivity contribution in [3.63, 3.8) is 0 Å². The quantitative estimate of drug-likeness (QED) is 0.357. The number of likely N-dealkylation sites (tertiary alicyclic amines) is 1. The number of pyridine rings is 1. The minimum atomic E-state index is -0.886. The van der Waals surface area contributed by atoms with Crippen molar-refractivity contribution in [3.8, 4) is 17.0 Å². The van der Waals surface area contributed by atoms with E-state index in [4.69, 9.17) is 4.74 Å². The van der Waals surface area contributed by atoms with Crippen LogP contribution in [0.25, 0.3) is 16.7 Å². The number of hydrogen-bond donors (Lipinski definition) is 2. The molecule has 3 aromatic rings. The first-order chi connectivity index (χ1) is 18.8. The molecule has 1 saturated heterocycles. The molecule has 0 saturated carbocycles. The second kappa shape index (κ2) is 11.5. The van der Waals surface area contributed by atoms with E-state index in [1.807, 2.05) is 26.8 Å². The maximum Gasteiger partial charge on any atom is 0.256 e. The summed E-state index contributed by atoms with van der Waals surface area (Å²) >= 11 is 0. The Hall–Kier alpha value is -3.78. The van der Waals surface area contributed by atoms with Crippen molar-refractivity contribution in [3.05, 3.63) is 77.0 Å². The third-order valence-electron chi connectivity index (χ3n) is 7.09. The van der Waals surface area contributed by atoms with Crippen LogP contribution in [-0.4, -0.2) is 41.5 Å². The van der Waals surface area contributed by atoms with Gasteiger partial charge >= 0.3 is 0 Å². The lowest BCUT2D eigenvalue weighted by Crippen LogP contribution is -2.29. The number of halogens is 2. The Morgan fingerprint density at radius 1 is 1.08 bits per heavy atom. The SMILES string of the molecule is CC1=C(C(=O)Nc2ccc(OC(C)C)nc2)c2cc(-c3cc(CN4CCCCC4)cc(F)c3F)ccc2NC1. The molecule has 1 fully saturated rings. The molecule has 2 aliphatic heterocycles. The predicted octanol–water partition coefficient (Wildman–Crippen LogP) is 6.64. The first-order valence-corrected chi connectivity index (χ1v) is 13.5. The monoisotopic (exact) mass is 532 g/mol. The molecule has 3 heterocycles. The summed E-state index contributed by atoms with van der Waals surface area (Å²) in [5.41, 5.74) is 4.73. The van der Waals surface area contributed by atoms with Crippen LogP contribution in [0.4, 0.5) is 20.2 Å². The van der Waals surface area contributed by atoms with Crippen LogP contribution in [0.3, 0.4) is 0 Å². The number of nitrogens with one attached hydrogen (secondary N) is 2. The van der Waals surface area contributed by atoms with Crippen molar-refractivity contribution >= 4 is 22.9 Å². The minimum Gasteiger partial charge on any atom is -0.475 e. The van der Waals surface area contributed by atoms with E-state index in [0.717, 1.165) is 42.8 Å². The van der Waals surface area contributed by atoms with Crippen LogP contribution in [0, 0.1) is 11.6 Å². The Morgan fingerprint density at radius 3 is 2.59 bits per heavy atom. The number of aromatic nitrogens is 1. The van der Waals surface area contributed by atoms with E-state index in [-0.39, 0.29) is 17.6 Å². The van der Waals surface area contributed by atoms with Gasteiger partial charge in [-0.15, -0.1) is 0 Å². The fraction of sp³-hybridized carbons (Fsp3) is 0.355. The van der Waals surface area contributed by atoms with E-state index < -0.39 is 11.6 Å². The Morgan fingerprint density at radius 2 is 1.87 bits per heavy atom. The lowest BCUT2D eigenvalue weighted by Gasteiger charge is -2.26. The van der Waals surface area contributed by atoms with E-state index in [1.54, 1.807) is 36.5 Å². The highest BCUT2D eigenvalue weighted by Crippen LogP contribution is 2.37. The third kappa shape index (κ3) is 6.11. The zero-order chi connectivity index (χ0) is 27.5. The molecule has 39 heavy (non-hydrogen) atoms. The molecule has 5 rings (SSSR count). The number of anilines is 2. The predicted molar refractivity (Wildman–Crippen MR) is 151 cm³/mol. The van der Waals surface area contributed by atoms with Gasteiger partial charge in [-0.3, -0.25) is 9.69 Å². The number of carbonyl (C=O) groups excluding carboxylic acids is 1. The van der Waals surface area contributed by atoms with Gasteiger partial charge in [0.15, 0.2) is 11.6 Å². The summed E-state index contributed by atoms with van der Waals surface area (Å²) in [5, 5.41) is 6.23. The van der Waals surface area contributed by atoms with Gasteiger partial charge in [-0.25, -0.2) is 13.8 Å². The van der Waals surface area contributed by atoms with Gasteiger partial charge in [0.25, 0.3) is 5.91 Å². The number of nitrogens with zero attached hydrogens (tertiary/aromatic N) is 2. The van der Waals surface area contributed by atoms with E-state index in [0.29, 0.717) is 41.4 Å². The Bertz CT molecular complexity index is 1400. The fourth-order valence-electron chi connectivity index (χ4n) is 5.22. The molecular weight excluding hydrogens is 498 g/mol. The van der Waals surface area contributed by atoms with Gasteiger partial charge in [-0.05, 0) is 93.7 Å². The van der Waals surface area contributed by atoms with Gasteiger partial charge in [0.2, 0.25) is 5.88 Å². The molecule has 0 atom stereocenters. The number of hydrogen-bond acceptors (Lipinski definition) is 5. The number of amides is 1. The van der Waals surface area contributed by atoms with Crippen LogP contribution in [0.1, 0.15) is 51.2 Å². The van der Waals surface area contributed by atoms with Crippen LogP contribution in [0.15, 0.2) is 54.2 Å². The summed E-state index contributed by atoms with van der Waals surface area (Å²) in [6.07, 6.45) is 5.00. The molecule has 0 aliphatic carbocycles. The standard InChI is InChI=1S/C31H34F2N4O2/c1-19(2)39-28-10-8-23(17-35-28)36-31(38)29-20(3)16-34-27-9-7-22(15-25(27)29)24-13-21(14-26(32)30(24)33)18-37-11-5-4-6-12-37/h7-10,13-15,17,19,34H,4-6,11-12,16,18H2,1-3H3,(H,36,38). The zero-order valence-corrected chi connectivity index (χ0v) is 22.6. The second-order valence-corrected chi connectivity index (χ2v) is 10.6. The van der Waals surface area contributed by atoms with Gasteiger partial charge in [-0.1, -0.05) is 12.5 Å². The molecule has 0 bridgehead atoms.